The quantitative estimate of drug-likeness (QED) is 0.503. The third kappa shape index (κ3) is 5.64. The molecule has 0 aliphatic carbocycles. The van der Waals surface area contributed by atoms with Gasteiger partial charge >= 0.3 is 0 Å². The Morgan fingerprint density at radius 1 is 0.903 bits per heavy atom. The highest BCUT2D eigenvalue weighted by atomic mass is 35.5. The molecule has 0 bridgehead atoms. The summed E-state index contributed by atoms with van der Waals surface area (Å²) in [4.78, 5) is 25.0. The molecule has 160 valence electrons. The number of carbonyl (C=O) groups is 2. The molecule has 0 spiro atoms. The minimum Gasteiger partial charge on any atom is -0.481 e. The summed E-state index contributed by atoms with van der Waals surface area (Å²) < 4.78 is 5.74. The summed E-state index contributed by atoms with van der Waals surface area (Å²) in [5.41, 5.74) is 4.82. The van der Waals surface area contributed by atoms with E-state index in [1.54, 1.807) is 49.4 Å². The molecule has 3 rings (SSSR count). The molecule has 2 N–H and O–H groups in total. The van der Waals surface area contributed by atoms with E-state index in [4.69, 9.17) is 16.3 Å². The second-order valence-corrected chi connectivity index (χ2v) is 7.87. The van der Waals surface area contributed by atoms with Crippen LogP contribution in [0.1, 0.15) is 34.0 Å². The van der Waals surface area contributed by atoms with Gasteiger partial charge in [-0.3, -0.25) is 9.59 Å². The molecule has 0 fully saturated rings. The van der Waals surface area contributed by atoms with Gasteiger partial charge in [-0.1, -0.05) is 35.4 Å². The average Bonchev–Trinajstić information content (AvgIpc) is 2.73. The summed E-state index contributed by atoms with van der Waals surface area (Å²) in [6.45, 7) is 7.48. The fourth-order valence-electron chi connectivity index (χ4n) is 3.07. The van der Waals surface area contributed by atoms with Crippen molar-refractivity contribution in [2.75, 3.05) is 10.6 Å². The Balaban J connectivity index is 1.61. The predicted molar refractivity (Wildman–Crippen MR) is 125 cm³/mol. The van der Waals surface area contributed by atoms with Crippen molar-refractivity contribution in [1.82, 2.24) is 0 Å². The summed E-state index contributed by atoms with van der Waals surface area (Å²) in [5.74, 6) is 0.00141. The number of benzene rings is 3. The molecule has 6 heteroatoms. The highest BCUT2D eigenvalue weighted by molar-refractivity contribution is 6.31. The Bertz CT molecular complexity index is 1110. The average molecular weight is 437 g/mol. The van der Waals surface area contributed by atoms with Gasteiger partial charge in [0.25, 0.3) is 11.8 Å². The van der Waals surface area contributed by atoms with E-state index in [9.17, 15) is 9.59 Å². The topological polar surface area (TPSA) is 67.4 Å². The van der Waals surface area contributed by atoms with Crippen LogP contribution < -0.4 is 15.4 Å². The highest BCUT2D eigenvalue weighted by Crippen LogP contribution is 2.24. The highest BCUT2D eigenvalue weighted by Gasteiger charge is 2.16. The molecule has 0 saturated heterocycles. The summed E-state index contributed by atoms with van der Waals surface area (Å²) in [7, 11) is 0. The molecule has 0 aromatic heterocycles. The van der Waals surface area contributed by atoms with Crippen LogP contribution in [0.5, 0.6) is 5.75 Å². The summed E-state index contributed by atoms with van der Waals surface area (Å²) in [6.07, 6.45) is -0.700. The van der Waals surface area contributed by atoms with Crippen LogP contribution >= 0.6 is 11.6 Å². The lowest BCUT2D eigenvalue weighted by molar-refractivity contribution is -0.122. The molecule has 5 nitrogen and oxygen atoms in total. The maximum absolute atomic E-state index is 12.5. The van der Waals surface area contributed by atoms with Crippen molar-refractivity contribution >= 4 is 34.8 Å². The van der Waals surface area contributed by atoms with Gasteiger partial charge in [0.15, 0.2) is 6.10 Å². The molecule has 3 aromatic carbocycles. The number of hydrogen-bond acceptors (Lipinski definition) is 3. The lowest BCUT2D eigenvalue weighted by atomic mass is 10.1. The van der Waals surface area contributed by atoms with Crippen molar-refractivity contribution in [3.05, 3.63) is 87.9 Å². The zero-order valence-corrected chi connectivity index (χ0v) is 18.7. The van der Waals surface area contributed by atoms with Gasteiger partial charge in [-0.25, -0.2) is 0 Å². The maximum atomic E-state index is 12.5. The van der Waals surface area contributed by atoms with E-state index in [2.05, 4.69) is 10.6 Å². The lowest BCUT2D eigenvalue weighted by Crippen LogP contribution is -2.30. The Morgan fingerprint density at radius 3 is 2.29 bits per heavy atom. The Morgan fingerprint density at radius 2 is 1.61 bits per heavy atom. The maximum Gasteiger partial charge on any atom is 0.265 e. The van der Waals surface area contributed by atoms with Gasteiger partial charge in [-0.15, -0.1) is 0 Å². The Labute approximate surface area is 187 Å². The number of rotatable bonds is 6. The Hall–Kier alpha value is -3.31. The molecule has 0 heterocycles. The number of nitrogens with one attached hydrogen (secondary N) is 2. The molecule has 1 atom stereocenters. The number of halogens is 1. The predicted octanol–water partition coefficient (Wildman–Crippen LogP) is 5.92. The van der Waals surface area contributed by atoms with E-state index in [1.165, 1.54) is 0 Å². The van der Waals surface area contributed by atoms with Crippen molar-refractivity contribution < 1.29 is 14.3 Å². The van der Waals surface area contributed by atoms with E-state index >= 15 is 0 Å². The largest absolute Gasteiger partial charge is 0.481 e. The lowest BCUT2D eigenvalue weighted by Gasteiger charge is -2.16. The van der Waals surface area contributed by atoms with Crippen LogP contribution in [0, 0.1) is 20.8 Å². The zero-order valence-electron chi connectivity index (χ0n) is 18.0. The first-order valence-corrected chi connectivity index (χ1v) is 10.3. The van der Waals surface area contributed by atoms with Crippen molar-refractivity contribution in [3.8, 4) is 5.75 Å². The molecule has 3 aromatic rings. The van der Waals surface area contributed by atoms with Crippen molar-refractivity contribution in [2.24, 2.45) is 0 Å². The second kappa shape index (κ2) is 9.67. The molecular weight excluding hydrogens is 412 g/mol. The van der Waals surface area contributed by atoms with Crippen molar-refractivity contribution in [1.29, 1.82) is 0 Å². The smallest absolute Gasteiger partial charge is 0.265 e. The Kier molecular flexibility index (Phi) is 6.98. The van der Waals surface area contributed by atoms with E-state index in [-0.39, 0.29) is 11.8 Å². The van der Waals surface area contributed by atoms with Crippen LogP contribution in [-0.4, -0.2) is 17.9 Å². The number of hydrogen-bond donors (Lipinski definition) is 2. The summed E-state index contributed by atoms with van der Waals surface area (Å²) >= 11 is 6.10. The fourth-order valence-corrected chi connectivity index (χ4v) is 3.24. The molecule has 0 radical (unpaired) electrons. The first-order chi connectivity index (χ1) is 14.7. The first kappa shape index (κ1) is 22.4. The molecule has 2 amide bonds. The van der Waals surface area contributed by atoms with Gasteiger partial charge in [0.2, 0.25) is 0 Å². The van der Waals surface area contributed by atoms with Gasteiger partial charge in [-0.2, -0.15) is 0 Å². The zero-order chi connectivity index (χ0) is 22.5. The van der Waals surface area contributed by atoms with E-state index in [1.807, 2.05) is 39.0 Å². The molecule has 0 aliphatic rings. The summed E-state index contributed by atoms with van der Waals surface area (Å²) in [5, 5.41) is 6.33. The molecule has 1 unspecified atom stereocenters. The monoisotopic (exact) mass is 436 g/mol. The van der Waals surface area contributed by atoms with Gasteiger partial charge in [-0.05, 0) is 81.3 Å². The molecular formula is C25H25ClN2O3. The number of anilines is 2. The number of ether oxygens (including phenoxy) is 1. The van der Waals surface area contributed by atoms with E-state index in [0.717, 1.165) is 22.4 Å². The molecule has 0 aliphatic heterocycles. The van der Waals surface area contributed by atoms with Crippen LogP contribution in [0.4, 0.5) is 11.4 Å². The molecule has 0 saturated carbocycles. The van der Waals surface area contributed by atoms with Crippen LogP contribution in [0.3, 0.4) is 0 Å². The van der Waals surface area contributed by atoms with Crippen LogP contribution in [0.25, 0.3) is 0 Å². The van der Waals surface area contributed by atoms with Crippen LogP contribution in [0.2, 0.25) is 5.02 Å². The number of aryl methyl sites for hydroxylation is 2. The van der Waals surface area contributed by atoms with Crippen molar-refractivity contribution in [2.45, 2.75) is 33.8 Å². The van der Waals surface area contributed by atoms with Crippen molar-refractivity contribution in [3.63, 3.8) is 0 Å². The van der Waals surface area contributed by atoms with Gasteiger partial charge in [0.05, 0.1) is 0 Å². The minimum atomic E-state index is -0.700. The van der Waals surface area contributed by atoms with Crippen LogP contribution in [-0.2, 0) is 4.79 Å². The molecule has 31 heavy (non-hydrogen) atoms. The fraction of sp³-hybridized carbons (Fsp3) is 0.200. The normalized spacial score (nSPS) is 11.5. The number of carbonyl (C=O) groups excluding carboxylic acids is 2. The standard InChI is InChI=1S/C25H25ClN2O3/c1-15-8-13-22(16(2)14-15)27-24(29)18(4)31-20-11-9-19(10-12-20)25(30)28-23-7-5-6-21(26)17(23)3/h5-14,18H,1-4H3,(H,27,29)(H,28,30). The first-order valence-electron chi connectivity index (χ1n) is 9.96. The van der Waals surface area contributed by atoms with Gasteiger partial charge < -0.3 is 15.4 Å². The third-order valence-electron chi connectivity index (χ3n) is 4.95. The SMILES string of the molecule is Cc1ccc(NC(=O)C(C)Oc2ccc(C(=O)Nc3cccc(Cl)c3C)cc2)c(C)c1. The van der Waals surface area contributed by atoms with E-state index in [0.29, 0.717) is 22.0 Å². The number of amides is 2. The minimum absolute atomic E-state index is 0.245. The van der Waals surface area contributed by atoms with E-state index < -0.39 is 6.10 Å². The second-order valence-electron chi connectivity index (χ2n) is 7.46. The summed E-state index contributed by atoms with van der Waals surface area (Å²) in [6, 6.07) is 17.8. The third-order valence-corrected chi connectivity index (χ3v) is 5.36. The van der Waals surface area contributed by atoms with Gasteiger partial charge in [0.1, 0.15) is 5.75 Å². The van der Waals surface area contributed by atoms with Gasteiger partial charge in [0, 0.05) is 22.0 Å². The van der Waals surface area contributed by atoms with Crippen LogP contribution in [0.15, 0.2) is 60.7 Å².